The van der Waals surface area contributed by atoms with Crippen molar-refractivity contribution in [2.75, 3.05) is 0 Å². The molecule has 1 N–H and O–H groups in total. The van der Waals surface area contributed by atoms with Crippen LogP contribution in [-0.2, 0) is 13.1 Å². The number of nitrogens with one attached hydrogen (secondary N) is 1. The Kier molecular flexibility index (Phi) is 5.18. The lowest BCUT2D eigenvalue weighted by Gasteiger charge is -2.09. The summed E-state index contributed by atoms with van der Waals surface area (Å²) in [5.74, 6) is 1.64. The fraction of sp³-hybridized carbons (Fsp3) is 0.438. The van der Waals surface area contributed by atoms with Crippen molar-refractivity contribution in [2.45, 2.75) is 46.3 Å². The van der Waals surface area contributed by atoms with Crippen molar-refractivity contribution in [1.82, 2.24) is 15.1 Å². The van der Waals surface area contributed by atoms with E-state index in [0.29, 0.717) is 6.04 Å². The second-order valence-electron chi connectivity index (χ2n) is 5.22. The van der Waals surface area contributed by atoms with E-state index >= 15 is 0 Å². The van der Waals surface area contributed by atoms with Gasteiger partial charge in [-0.25, -0.2) is 0 Å². The monoisotopic (exact) mass is 273 g/mol. The summed E-state index contributed by atoms with van der Waals surface area (Å²) in [4.78, 5) is 0. The Bertz CT molecular complexity index is 534. The zero-order valence-electron chi connectivity index (χ0n) is 12.5. The van der Waals surface area contributed by atoms with Gasteiger partial charge in [-0.2, -0.15) is 5.10 Å². The standard InChI is InChI=1S/C16H23N3O/c1-4-8-19-12-16(11-18-19)20-15-7-5-6-14(9-15)10-17-13(2)3/h5-7,9,11-13,17H,4,8,10H2,1-3H3. The van der Waals surface area contributed by atoms with E-state index in [2.05, 4.69) is 43.3 Å². The molecule has 1 aromatic carbocycles. The zero-order valence-corrected chi connectivity index (χ0v) is 12.5. The first-order chi connectivity index (χ1) is 9.67. The van der Waals surface area contributed by atoms with E-state index < -0.39 is 0 Å². The lowest BCUT2D eigenvalue weighted by atomic mass is 10.2. The molecule has 0 spiro atoms. The average molecular weight is 273 g/mol. The second-order valence-corrected chi connectivity index (χ2v) is 5.22. The van der Waals surface area contributed by atoms with Gasteiger partial charge in [0.05, 0.1) is 12.4 Å². The number of rotatable bonds is 7. The summed E-state index contributed by atoms with van der Waals surface area (Å²) in [5.41, 5.74) is 1.22. The molecule has 0 aliphatic heterocycles. The molecule has 0 unspecified atom stereocenters. The average Bonchev–Trinajstić information content (AvgIpc) is 2.85. The van der Waals surface area contributed by atoms with Crippen molar-refractivity contribution >= 4 is 0 Å². The van der Waals surface area contributed by atoms with Crippen LogP contribution in [0.15, 0.2) is 36.7 Å². The van der Waals surface area contributed by atoms with Gasteiger partial charge in [0.25, 0.3) is 0 Å². The van der Waals surface area contributed by atoms with E-state index in [1.54, 1.807) is 6.20 Å². The van der Waals surface area contributed by atoms with E-state index in [1.165, 1.54) is 5.56 Å². The number of ether oxygens (including phenoxy) is 1. The van der Waals surface area contributed by atoms with Crippen molar-refractivity contribution in [3.8, 4) is 11.5 Å². The number of nitrogens with zero attached hydrogens (tertiary/aromatic N) is 2. The fourth-order valence-corrected chi connectivity index (χ4v) is 1.93. The van der Waals surface area contributed by atoms with Crippen LogP contribution in [0.3, 0.4) is 0 Å². The summed E-state index contributed by atoms with van der Waals surface area (Å²) < 4.78 is 7.74. The molecule has 2 rings (SSSR count). The van der Waals surface area contributed by atoms with Gasteiger partial charge in [-0.15, -0.1) is 0 Å². The fourth-order valence-electron chi connectivity index (χ4n) is 1.93. The third-order valence-electron chi connectivity index (χ3n) is 2.91. The molecule has 108 valence electrons. The predicted octanol–water partition coefficient (Wildman–Crippen LogP) is 3.58. The summed E-state index contributed by atoms with van der Waals surface area (Å²) in [6.07, 6.45) is 4.76. The molecule has 0 aliphatic carbocycles. The number of aryl methyl sites for hydroxylation is 1. The number of hydrogen-bond donors (Lipinski definition) is 1. The van der Waals surface area contributed by atoms with Crippen LogP contribution in [0.2, 0.25) is 0 Å². The molecule has 4 heteroatoms. The number of benzene rings is 1. The Balaban J connectivity index is 1.99. The highest BCUT2D eigenvalue weighted by atomic mass is 16.5. The molecule has 0 saturated carbocycles. The van der Waals surface area contributed by atoms with Crippen molar-refractivity contribution < 1.29 is 4.74 Å². The first-order valence-corrected chi connectivity index (χ1v) is 7.20. The normalized spacial score (nSPS) is 11.0. The number of hydrogen-bond acceptors (Lipinski definition) is 3. The molecule has 20 heavy (non-hydrogen) atoms. The van der Waals surface area contributed by atoms with E-state index in [1.807, 2.05) is 23.0 Å². The van der Waals surface area contributed by atoms with Gasteiger partial charge >= 0.3 is 0 Å². The topological polar surface area (TPSA) is 39.1 Å². The first-order valence-electron chi connectivity index (χ1n) is 7.20. The Morgan fingerprint density at radius 2 is 2.15 bits per heavy atom. The van der Waals surface area contributed by atoms with Crippen molar-refractivity contribution in [2.24, 2.45) is 0 Å². The van der Waals surface area contributed by atoms with E-state index in [9.17, 15) is 0 Å². The SMILES string of the molecule is CCCn1cc(Oc2cccc(CNC(C)C)c2)cn1. The van der Waals surface area contributed by atoms with Crippen LogP contribution in [-0.4, -0.2) is 15.8 Å². The zero-order chi connectivity index (χ0) is 14.4. The van der Waals surface area contributed by atoms with Gasteiger partial charge < -0.3 is 10.1 Å². The first kappa shape index (κ1) is 14.6. The molecule has 0 aliphatic rings. The van der Waals surface area contributed by atoms with Gasteiger partial charge in [-0.3, -0.25) is 4.68 Å². The smallest absolute Gasteiger partial charge is 0.165 e. The molecule has 0 atom stereocenters. The lowest BCUT2D eigenvalue weighted by molar-refractivity contribution is 0.479. The minimum absolute atomic E-state index is 0.479. The van der Waals surface area contributed by atoms with Gasteiger partial charge in [0, 0.05) is 19.1 Å². The molecule has 0 amide bonds. The van der Waals surface area contributed by atoms with Crippen LogP contribution in [0.4, 0.5) is 0 Å². The molecule has 1 heterocycles. The second kappa shape index (κ2) is 7.10. The van der Waals surface area contributed by atoms with E-state index in [4.69, 9.17) is 4.74 Å². The third-order valence-corrected chi connectivity index (χ3v) is 2.91. The summed E-state index contributed by atoms with van der Waals surface area (Å²) in [6.45, 7) is 8.18. The molecule has 1 aromatic heterocycles. The van der Waals surface area contributed by atoms with E-state index in [0.717, 1.165) is 31.0 Å². The van der Waals surface area contributed by atoms with Gasteiger partial charge in [-0.1, -0.05) is 32.9 Å². The molecule has 2 aromatic rings. The summed E-state index contributed by atoms with van der Waals surface area (Å²) in [5, 5.41) is 7.67. The molecule has 0 bridgehead atoms. The highest BCUT2D eigenvalue weighted by molar-refractivity contribution is 5.32. The Morgan fingerprint density at radius 1 is 1.30 bits per heavy atom. The highest BCUT2D eigenvalue weighted by Crippen LogP contribution is 2.21. The van der Waals surface area contributed by atoms with Crippen LogP contribution in [0, 0.1) is 0 Å². The van der Waals surface area contributed by atoms with Crippen molar-refractivity contribution in [3.63, 3.8) is 0 Å². The van der Waals surface area contributed by atoms with Gasteiger partial charge in [0.1, 0.15) is 5.75 Å². The molecular formula is C16H23N3O. The van der Waals surface area contributed by atoms with E-state index in [-0.39, 0.29) is 0 Å². The molecule has 0 radical (unpaired) electrons. The Labute approximate surface area is 120 Å². The van der Waals surface area contributed by atoms with Gasteiger partial charge in [-0.05, 0) is 24.1 Å². The maximum atomic E-state index is 5.84. The summed E-state index contributed by atoms with van der Waals surface area (Å²) in [6, 6.07) is 8.63. The molecule has 0 saturated heterocycles. The van der Waals surface area contributed by atoms with Crippen LogP contribution in [0.5, 0.6) is 11.5 Å². The van der Waals surface area contributed by atoms with Crippen molar-refractivity contribution in [1.29, 1.82) is 0 Å². The maximum Gasteiger partial charge on any atom is 0.165 e. The largest absolute Gasteiger partial charge is 0.454 e. The van der Waals surface area contributed by atoms with Crippen LogP contribution in [0.25, 0.3) is 0 Å². The number of aromatic nitrogens is 2. The predicted molar refractivity (Wildman–Crippen MR) is 81.0 cm³/mol. The maximum absolute atomic E-state index is 5.84. The quantitative estimate of drug-likeness (QED) is 0.838. The Morgan fingerprint density at radius 3 is 2.90 bits per heavy atom. The van der Waals surface area contributed by atoms with Crippen LogP contribution >= 0.6 is 0 Å². The van der Waals surface area contributed by atoms with Crippen molar-refractivity contribution in [3.05, 3.63) is 42.2 Å². The summed E-state index contributed by atoms with van der Waals surface area (Å²) in [7, 11) is 0. The van der Waals surface area contributed by atoms with Crippen LogP contribution < -0.4 is 10.1 Å². The lowest BCUT2D eigenvalue weighted by Crippen LogP contribution is -2.21. The molecule has 0 fully saturated rings. The summed E-state index contributed by atoms with van der Waals surface area (Å²) >= 11 is 0. The third kappa shape index (κ3) is 4.38. The van der Waals surface area contributed by atoms with Crippen LogP contribution in [0.1, 0.15) is 32.8 Å². The van der Waals surface area contributed by atoms with Gasteiger partial charge in [0.2, 0.25) is 0 Å². The minimum atomic E-state index is 0.479. The molecular weight excluding hydrogens is 250 g/mol. The van der Waals surface area contributed by atoms with Gasteiger partial charge in [0.15, 0.2) is 5.75 Å². The highest BCUT2D eigenvalue weighted by Gasteiger charge is 2.02. The molecule has 4 nitrogen and oxygen atoms in total. The minimum Gasteiger partial charge on any atom is -0.454 e. The Hall–Kier alpha value is -1.81.